The Bertz CT molecular complexity index is 316. The topological polar surface area (TPSA) is 35.8 Å². The molecule has 76 valence electrons. The van der Waals surface area contributed by atoms with Crippen molar-refractivity contribution in [3.8, 4) is 6.07 Å². The molecular formula is C10H13ClN2S. The molecule has 2 nitrogen and oxygen atoms in total. The van der Waals surface area contributed by atoms with E-state index in [0.29, 0.717) is 12.5 Å². The van der Waals surface area contributed by atoms with E-state index in [1.165, 1.54) is 4.88 Å². The first-order valence-electron chi connectivity index (χ1n) is 4.60. The van der Waals surface area contributed by atoms with Crippen LogP contribution in [0.3, 0.4) is 0 Å². The van der Waals surface area contributed by atoms with Crippen LogP contribution in [0.15, 0.2) is 12.1 Å². The molecule has 1 unspecified atom stereocenters. The molecule has 0 spiro atoms. The number of rotatable bonds is 5. The summed E-state index contributed by atoms with van der Waals surface area (Å²) in [6, 6.07) is 6.38. The van der Waals surface area contributed by atoms with E-state index in [2.05, 4.69) is 18.3 Å². The molecule has 0 aliphatic carbocycles. The third kappa shape index (κ3) is 3.67. The van der Waals surface area contributed by atoms with E-state index >= 15 is 0 Å². The van der Waals surface area contributed by atoms with Crippen molar-refractivity contribution in [1.29, 1.82) is 5.26 Å². The number of nitrogens with zero attached hydrogens (tertiary/aromatic N) is 1. The monoisotopic (exact) mass is 228 g/mol. The molecule has 1 atom stereocenters. The highest BCUT2D eigenvalue weighted by Gasteiger charge is 2.05. The van der Waals surface area contributed by atoms with Gasteiger partial charge in [-0.05, 0) is 18.6 Å². The summed E-state index contributed by atoms with van der Waals surface area (Å²) in [6.45, 7) is 2.88. The van der Waals surface area contributed by atoms with E-state index in [1.54, 1.807) is 11.3 Å². The van der Waals surface area contributed by atoms with Crippen molar-refractivity contribution in [3.05, 3.63) is 21.3 Å². The van der Waals surface area contributed by atoms with Gasteiger partial charge in [0.05, 0.1) is 16.8 Å². The Morgan fingerprint density at radius 3 is 2.93 bits per heavy atom. The van der Waals surface area contributed by atoms with Gasteiger partial charge in [-0.25, -0.2) is 0 Å². The average molecular weight is 229 g/mol. The van der Waals surface area contributed by atoms with Crippen LogP contribution in [0, 0.1) is 11.3 Å². The van der Waals surface area contributed by atoms with E-state index in [1.807, 2.05) is 12.1 Å². The number of hydrogen-bond acceptors (Lipinski definition) is 3. The summed E-state index contributed by atoms with van der Waals surface area (Å²) in [5.74, 6) is 0. The van der Waals surface area contributed by atoms with Gasteiger partial charge in [0.1, 0.15) is 0 Å². The maximum absolute atomic E-state index is 8.56. The zero-order valence-corrected chi connectivity index (χ0v) is 9.66. The van der Waals surface area contributed by atoms with Crippen molar-refractivity contribution in [1.82, 2.24) is 5.32 Å². The predicted octanol–water partition coefficient (Wildman–Crippen LogP) is 3.18. The van der Waals surface area contributed by atoms with Crippen molar-refractivity contribution < 1.29 is 0 Å². The molecule has 0 saturated heterocycles. The second-order valence-corrected chi connectivity index (χ2v) is 4.85. The van der Waals surface area contributed by atoms with Crippen molar-refractivity contribution in [2.75, 3.05) is 0 Å². The minimum Gasteiger partial charge on any atom is -0.308 e. The summed E-state index contributed by atoms with van der Waals surface area (Å²) < 4.78 is 0.815. The molecule has 0 radical (unpaired) electrons. The number of thiophene rings is 1. The zero-order chi connectivity index (χ0) is 10.4. The molecule has 1 aromatic rings. The van der Waals surface area contributed by atoms with Gasteiger partial charge < -0.3 is 5.32 Å². The number of nitriles is 1. The third-order valence-corrected chi connectivity index (χ3v) is 3.26. The predicted molar refractivity (Wildman–Crippen MR) is 60.5 cm³/mol. The lowest BCUT2D eigenvalue weighted by Crippen LogP contribution is -2.26. The maximum atomic E-state index is 8.56. The molecule has 0 aromatic carbocycles. The summed E-state index contributed by atoms with van der Waals surface area (Å²) in [7, 11) is 0. The van der Waals surface area contributed by atoms with E-state index in [0.717, 1.165) is 17.3 Å². The Morgan fingerprint density at radius 2 is 2.43 bits per heavy atom. The van der Waals surface area contributed by atoms with E-state index < -0.39 is 0 Å². The number of hydrogen-bond donors (Lipinski definition) is 1. The van der Waals surface area contributed by atoms with Gasteiger partial charge in [-0.3, -0.25) is 0 Å². The Hall–Kier alpha value is -0.560. The first-order chi connectivity index (χ1) is 6.76. The maximum Gasteiger partial charge on any atom is 0.0931 e. The van der Waals surface area contributed by atoms with Crippen LogP contribution < -0.4 is 5.32 Å². The molecule has 0 fully saturated rings. The summed E-state index contributed by atoms with van der Waals surface area (Å²) in [5, 5.41) is 11.9. The third-order valence-electron chi connectivity index (χ3n) is 2.02. The summed E-state index contributed by atoms with van der Waals surface area (Å²) >= 11 is 7.39. The highest BCUT2D eigenvalue weighted by molar-refractivity contribution is 7.16. The standard InChI is InChI=1S/C10H13ClN2S/c1-2-8(5-6-12)13-7-9-3-4-10(11)14-9/h3-4,8,13H,2,5,7H2,1H3. The lowest BCUT2D eigenvalue weighted by Gasteiger charge is -2.11. The number of nitrogens with one attached hydrogen (secondary N) is 1. The Morgan fingerprint density at radius 1 is 1.64 bits per heavy atom. The summed E-state index contributed by atoms with van der Waals surface area (Å²) in [4.78, 5) is 1.21. The molecule has 0 aliphatic rings. The van der Waals surface area contributed by atoms with Gasteiger partial charge in [0, 0.05) is 17.5 Å². The van der Waals surface area contributed by atoms with Crippen LogP contribution in [0.4, 0.5) is 0 Å². The van der Waals surface area contributed by atoms with Gasteiger partial charge in [-0.2, -0.15) is 5.26 Å². The second kappa shape index (κ2) is 6.02. The smallest absolute Gasteiger partial charge is 0.0931 e. The molecule has 1 heterocycles. The summed E-state index contributed by atoms with van der Waals surface area (Å²) in [6.07, 6.45) is 1.54. The van der Waals surface area contributed by atoms with Gasteiger partial charge >= 0.3 is 0 Å². The van der Waals surface area contributed by atoms with Gasteiger partial charge in [0.25, 0.3) is 0 Å². The van der Waals surface area contributed by atoms with Crippen LogP contribution in [0.5, 0.6) is 0 Å². The quantitative estimate of drug-likeness (QED) is 0.840. The Labute approximate surface area is 93.5 Å². The highest BCUT2D eigenvalue weighted by Crippen LogP contribution is 2.21. The first-order valence-corrected chi connectivity index (χ1v) is 5.80. The van der Waals surface area contributed by atoms with Crippen LogP contribution in [0.1, 0.15) is 24.6 Å². The summed E-state index contributed by atoms with van der Waals surface area (Å²) in [5.41, 5.74) is 0. The Kier molecular flexibility index (Phi) is 4.95. The average Bonchev–Trinajstić information content (AvgIpc) is 2.59. The fourth-order valence-corrected chi connectivity index (χ4v) is 2.20. The van der Waals surface area contributed by atoms with Crippen molar-refractivity contribution in [3.63, 3.8) is 0 Å². The SMILES string of the molecule is CCC(CC#N)NCc1ccc(Cl)s1. The van der Waals surface area contributed by atoms with Crippen molar-refractivity contribution in [2.24, 2.45) is 0 Å². The molecule has 0 saturated carbocycles. The molecular weight excluding hydrogens is 216 g/mol. The highest BCUT2D eigenvalue weighted by atomic mass is 35.5. The Balaban J connectivity index is 2.36. The van der Waals surface area contributed by atoms with Gasteiger partial charge in [-0.1, -0.05) is 18.5 Å². The van der Waals surface area contributed by atoms with Crippen molar-refractivity contribution in [2.45, 2.75) is 32.4 Å². The zero-order valence-electron chi connectivity index (χ0n) is 8.09. The van der Waals surface area contributed by atoms with Crippen LogP contribution in [0.2, 0.25) is 4.34 Å². The van der Waals surface area contributed by atoms with E-state index in [9.17, 15) is 0 Å². The fraction of sp³-hybridized carbons (Fsp3) is 0.500. The van der Waals surface area contributed by atoms with Crippen molar-refractivity contribution >= 4 is 22.9 Å². The van der Waals surface area contributed by atoms with Crippen LogP contribution in [-0.4, -0.2) is 6.04 Å². The minimum atomic E-state index is 0.292. The molecule has 0 aliphatic heterocycles. The lowest BCUT2D eigenvalue weighted by molar-refractivity contribution is 0.507. The lowest BCUT2D eigenvalue weighted by atomic mass is 10.2. The van der Waals surface area contributed by atoms with Gasteiger partial charge in [-0.15, -0.1) is 11.3 Å². The van der Waals surface area contributed by atoms with Gasteiger partial charge in [0.15, 0.2) is 0 Å². The molecule has 14 heavy (non-hydrogen) atoms. The normalized spacial score (nSPS) is 12.4. The minimum absolute atomic E-state index is 0.292. The largest absolute Gasteiger partial charge is 0.308 e. The van der Waals surface area contributed by atoms with E-state index in [-0.39, 0.29) is 0 Å². The second-order valence-electron chi connectivity index (χ2n) is 3.05. The molecule has 0 amide bonds. The van der Waals surface area contributed by atoms with Crippen LogP contribution in [0.25, 0.3) is 0 Å². The van der Waals surface area contributed by atoms with E-state index in [4.69, 9.17) is 16.9 Å². The molecule has 1 N–H and O–H groups in total. The first kappa shape index (κ1) is 11.5. The van der Waals surface area contributed by atoms with Crippen LogP contribution >= 0.6 is 22.9 Å². The molecule has 1 rings (SSSR count). The fourth-order valence-electron chi connectivity index (χ4n) is 1.16. The molecule has 0 bridgehead atoms. The number of halogens is 1. The van der Waals surface area contributed by atoms with Gasteiger partial charge in [0.2, 0.25) is 0 Å². The molecule has 1 aromatic heterocycles. The molecule has 4 heteroatoms. The van der Waals surface area contributed by atoms with Crippen LogP contribution in [-0.2, 0) is 6.54 Å².